The van der Waals surface area contributed by atoms with Gasteiger partial charge in [0.2, 0.25) is 0 Å². The van der Waals surface area contributed by atoms with E-state index in [1.807, 2.05) is 13.2 Å². The summed E-state index contributed by atoms with van der Waals surface area (Å²) in [6.07, 6.45) is -2.54. The number of amides is 2. The van der Waals surface area contributed by atoms with E-state index in [2.05, 4.69) is 15.7 Å². The van der Waals surface area contributed by atoms with E-state index in [9.17, 15) is 22.8 Å². The third kappa shape index (κ3) is 6.48. The summed E-state index contributed by atoms with van der Waals surface area (Å²) >= 11 is 1.62. The van der Waals surface area contributed by atoms with Crippen LogP contribution in [0, 0.1) is 20.8 Å². The quantitative estimate of drug-likeness (QED) is 0.407. The molecule has 1 heterocycles. The number of carbonyl (C=O) groups is 2. The number of anilines is 1. The van der Waals surface area contributed by atoms with Crippen LogP contribution in [-0.2, 0) is 12.7 Å². The molecule has 0 aliphatic carbocycles. The first-order chi connectivity index (χ1) is 16.9. The molecule has 0 aliphatic heterocycles. The molecule has 3 rings (SSSR count). The molecule has 0 fully saturated rings. The molecule has 0 aliphatic rings. The topological polar surface area (TPSA) is 76.0 Å². The molecule has 0 unspecified atom stereocenters. The Kier molecular flexibility index (Phi) is 8.50. The smallest absolute Gasteiger partial charge is 0.349 e. The van der Waals surface area contributed by atoms with Gasteiger partial charge in [-0.25, -0.2) is 0 Å². The fraction of sp³-hybridized carbons (Fsp3) is 0.346. The second-order valence-corrected chi connectivity index (χ2v) is 9.67. The molecule has 2 N–H and O–H groups in total. The van der Waals surface area contributed by atoms with Crippen LogP contribution in [0.3, 0.4) is 0 Å². The van der Waals surface area contributed by atoms with Gasteiger partial charge in [-0.3, -0.25) is 14.3 Å². The van der Waals surface area contributed by atoms with Crippen LogP contribution in [0.15, 0.2) is 42.5 Å². The maximum atomic E-state index is 13.2. The molecular formula is C26H29F3N4O2S. The fourth-order valence-electron chi connectivity index (χ4n) is 3.88. The maximum Gasteiger partial charge on any atom is 0.435 e. The average Bonchev–Trinajstić information content (AvgIpc) is 3.16. The van der Waals surface area contributed by atoms with E-state index in [0.717, 1.165) is 22.9 Å². The van der Waals surface area contributed by atoms with Crippen molar-refractivity contribution in [1.29, 1.82) is 0 Å². The van der Waals surface area contributed by atoms with Gasteiger partial charge >= 0.3 is 6.18 Å². The second kappa shape index (κ2) is 11.2. The summed E-state index contributed by atoms with van der Waals surface area (Å²) in [5.74, 6) is 0.0231. The highest BCUT2D eigenvalue weighted by Gasteiger charge is 2.34. The number of rotatable bonds is 8. The Balaban J connectivity index is 1.79. The van der Waals surface area contributed by atoms with E-state index in [1.54, 1.807) is 68.9 Å². The molecule has 0 saturated carbocycles. The second-order valence-electron chi connectivity index (χ2n) is 8.76. The summed E-state index contributed by atoms with van der Waals surface area (Å²) in [7, 11) is 0. The van der Waals surface area contributed by atoms with Gasteiger partial charge in [-0.2, -0.15) is 30.0 Å². The summed E-state index contributed by atoms with van der Waals surface area (Å²) in [5, 5.41) is 9.46. The van der Waals surface area contributed by atoms with Crippen LogP contribution >= 0.6 is 11.8 Å². The number of aryl methyl sites for hydroxylation is 3. The fourth-order valence-corrected chi connectivity index (χ4v) is 4.47. The van der Waals surface area contributed by atoms with Crippen molar-refractivity contribution in [2.45, 2.75) is 46.5 Å². The lowest BCUT2D eigenvalue weighted by atomic mass is 10.00. The van der Waals surface area contributed by atoms with Gasteiger partial charge < -0.3 is 10.6 Å². The van der Waals surface area contributed by atoms with Crippen molar-refractivity contribution in [1.82, 2.24) is 15.1 Å². The zero-order chi connectivity index (χ0) is 26.6. The van der Waals surface area contributed by atoms with Crippen molar-refractivity contribution >= 4 is 29.3 Å². The molecule has 10 heteroatoms. The van der Waals surface area contributed by atoms with Crippen molar-refractivity contribution in [3.8, 4) is 0 Å². The zero-order valence-electron chi connectivity index (χ0n) is 20.8. The van der Waals surface area contributed by atoms with E-state index in [1.165, 1.54) is 4.68 Å². The predicted octanol–water partition coefficient (Wildman–Crippen LogP) is 5.61. The lowest BCUT2D eigenvalue weighted by Crippen LogP contribution is -2.36. The number of aromatic nitrogens is 2. The van der Waals surface area contributed by atoms with Gasteiger partial charge in [0.15, 0.2) is 5.69 Å². The van der Waals surface area contributed by atoms with Crippen molar-refractivity contribution < 1.29 is 22.8 Å². The summed E-state index contributed by atoms with van der Waals surface area (Å²) in [6, 6.07) is 11.3. The molecule has 2 amide bonds. The molecule has 3 aromatic rings. The Labute approximate surface area is 212 Å². The number of hydrogen-bond donors (Lipinski definition) is 2. The minimum atomic E-state index is -4.50. The Morgan fingerprint density at radius 2 is 1.78 bits per heavy atom. The van der Waals surface area contributed by atoms with Gasteiger partial charge in [-0.15, -0.1) is 0 Å². The SMILES string of the molecule is CSC[C@H](C)NC(=O)c1c(C)cccc1C(=O)Nc1ccc(Cn2nc(C(F)(F)F)cc2C)cc1C. The van der Waals surface area contributed by atoms with Gasteiger partial charge in [0, 0.05) is 23.2 Å². The molecule has 2 aromatic carbocycles. The van der Waals surface area contributed by atoms with E-state index >= 15 is 0 Å². The Morgan fingerprint density at radius 3 is 2.39 bits per heavy atom. The maximum absolute atomic E-state index is 13.2. The molecule has 0 spiro atoms. The van der Waals surface area contributed by atoms with Crippen LogP contribution in [0.1, 0.15) is 55.7 Å². The monoisotopic (exact) mass is 518 g/mol. The van der Waals surface area contributed by atoms with Crippen LogP contribution in [0.25, 0.3) is 0 Å². The van der Waals surface area contributed by atoms with Crippen molar-refractivity contribution in [3.63, 3.8) is 0 Å². The van der Waals surface area contributed by atoms with Gasteiger partial charge in [-0.1, -0.05) is 24.3 Å². The molecule has 36 heavy (non-hydrogen) atoms. The molecule has 192 valence electrons. The molecule has 0 bridgehead atoms. The number of thioether (sulfide) groups is 1. The highest BCUT2D eigenvalue weighted by molar-refractivity contribution is 7.98. The first-order valence-electron chi connectivity index (χ1n) is 11.3. The highest BCUT2D eigenvalue weighted by atomic mass is 32.2. The third-order valence-electron chi connectivity index (χ3n) is 5.68. The minimum absolute atomic E-state index is 0.0524. The van der Waals surface area contributed by atoms with E-state index in [-0.39, 0.29) is 24.1 Å². The van der Waals surface area contributed by atoms with Crippen LogP contribution in [0.2, 0.25) is 0 Å². The normalized spacial score (nSPS) is 12.3. The van der Waals surface area contributed by atoms with Crippen LogP contribution in [0.5, 0.6) is 0 Å². The number of nitrogens with one attached hydrogen (secondary N) is 2. The number of halogens is 3. The largest absolute Gasteiger partial charge is 0.435 e. The van der Waals surface area contributed by atoms with Gasteiger partial charge in [0.25, 0.3) is 11.8 Å². The number of nitrogens with zero attached hydrogens (tertiary/aromatic N) is 2. The van der Waals surface area contributed by atoms with E-state index in [4.69, 9.17) is 0 Å². The van der Waals surface area contributed by atoms with Gasteiger partial charge in [0.05, 0.1) is 17.7 Å². The Hall–Kier alpha value is -3.27. The summed E-state index contributed by atoms with van der Waals surface area (Å²) in [4.78, 5) is 26.1. The van der Waals surface area contributed by atoms with Crippen molar-refractivity contribution in [2.24, 2.45) is 0 Å². The number of alkyl halides is 3. The molecule has 0 saturated heterocycles. The number of carbonyl (C=O) groups excluding carboxylic acids is 2. The molecule has 1 aromatic heterocycles. The Bertz CT molecular complexity index is 1270. The first-order valence-corrected chi connectivity index (χ1v) is 12.7. The van der Waals surface area contributed by atoms with E-state index in [0.29, 0.717) is 22.5 Å². The average molecular weight is 519 g/mol. The predicted molar refractivity (Wildman–Crippen MR) is 137 cm³/mol. The molecule has 6 nitrogen and oxygen atoms in total. The third-order valence-corrected chi connectivity index (χ3v) is 6.51. The van der Waals surface area contributed by atoms with E-state index < -0.39 is 17.8 Å². The summed E-state index contributed by atoms with van der Waals surface area (Å²) in [5.41, 5.74) is 2.76. The number of hydrogen-bond acceptors (Lipinski definition) is 4. The molecule has 0 radical (unpaired) electrons. The van der Waals surface area contributed by atoms with Gasteiger partial charge in [-0.05, 0) is 68.8 Å². The molecular weight excluding hydrogens is 489 g/mol. The molecule has 1 atom stereocenters. The summed E-state index contributed by atoms with van der Waals surface area (Å²) < 4.78 is 40.2. The van der Waals surface area contributed by atoms with Crippen molar-refractivity contribution in [2.75, 3.05) is 17.3 Å². The standard InChI is InChI=1S/C26H29F3N4O2S/c1-15-7-6-8-20(23(15)25(35)30-17(3)14-36-5)24(34)31-21-10-9-19(11-16(21)2)13-33-18(4)12-22(32-33)26(27,28)29/h6-12,17H,13-14H2,1-5H3,(H,30,35)(H,31,34)/t17-/m0/s1. The number of benzene rings is 2. The minimum Gasteiger partial charge on any atom is -0.349 e. The lowest BCUT2D eigenvalue weighted by molar-refractivity contribution is -0.141. The first kappa shape index (κ1) is 27.3. The summed E-state index contributed by atoms with van der Waals surface area (Å²) in [6.45, 7) is 7.22. The highest BCUT2D eigenvalue weighted by Crippen LogP contribution is 2.29. The van der Waals surface area contributed by atoms with Crippen LogP contribution < -0.4 is 10.6 Å². The van der Waals surface area contributed by atoms with Crippen LogP contribution in [0.4, 0.5) is 18.9 Å². The van der Waals surface area contributed by atoms with Crippen LogP contribution in [-0.4, -0.2) is 39.6 Å². The van der Waals surface area contributed by atoms with Crippen molar-refractivity contribution in [3.05, 3.63) is 81.7 Å². The Morgan fingerprint density at radius 1 is 1.06 bits per heavy atom. The zero-order valence-corrected chi connectivity index (χ0v) is 21.6. The van der Waals surface area contributed by atoms with Gasteiger partial charge in [0.1, 0.15) is 0 Å². The lowest BCUT2D eigenvalue weighted by Gasteiger charge is -2.17.